The number of fused-ring (bicyclic) bond motifs is 1. The standard InChI is InChI=1S/C21H33ClFN7O3/c1-27(2)21-8-16(21)10-28(11-21)18-17(23)19(30(22)12-24-18)25-26-20(32)15(9-29(33)13-31)7-14-5-3-4-6-14/h13-16,25,33H,3-12H2,1-2H3,(H,26,32)/t15-,16?,21?/m1/s1. The molecule has 12 heteroatoms. The van der Waals surface area contributed by atoms with Crippen LogP contribution < -0.4 is 10.9 Å². The lowest BCUT2D eigenvalue weighted by atomic mass is 9.92. The van der Waals surface area contributed by atoms with Crippen molar-refractivity contribution in [3.8, 4) is 0 Å². The van der Waals surface area contributed by atoms with Crippen molar-refractivity contribution in [3.63, 3.8) is 0 Å². The molecule has 2 aliphatic carbocycles. The molecule has 2 heterocycles. The van der Waals surface area contributed by atoms with Crippen LogP contribution in [0.3, 0.4) is 0 Å². The van der Waals surface area contributed by atoms with E-state index in [-0.39, 0.29) is 36.8 Å². The van der Waals surface area contributed by atoms with Crippen LogP contribution in [0.1, 0.15) is 38.5 Å². The van der Waals surface area contributed by atoms with Gasteiger partial charge in [0.1, 0.15) is 6.67 Å². The molecule has 184 valence electrons. The van der Waals surface area contributed by atoms with Crippen molar-refractivity contribution in [3.05, 3.63) is 11.6 Å². The van der Waals surface area contributed by atoms with E-state index in [4.69, 9.17) is 11.8 Å². The monoisotopic (exact) mass is 485 g/mol. The summed E-state index contributed by atoms with van der Waals surface area (Å²) in [4.78, 5) is 32.2. The maximum absolute atomic E-state index is 15.4. The molecule has 33 heavy (non-hydrogen) atoms. The van der Waals surface area contributed by atoms with Crippen LogP contribution in [0.4, 0.5) is 4.39 Å². The molecule has 4 aliphatic rings. The summed E-state index contributed by atoms with van der Waals surface area (Å²) in [6.45, 7) is 1.34. The van der Waals surface area contributed by atoms with Crippen LogP contribution in [0.2, 0.25) is 0 Å². The van der Waals surface area contributed by atoms with Gasteiger partial charge in [0, 0.05) is 30.4 Å². The molecule has 3 N–H and O–H groups in total. The van der Waals surface area contributed by atoms with E-state index in [1.54, 1.807) is 0 Å². The highest BCUT2D eigenvalue weighted by Crippen LogP contribution is 2.53. The van der Waals surface area contributed by atoms with Gasteiger partial charge in [-0.15, -0.1) is 0 Å². The van der Waals surface area contributed by atoms with Gasteiger partial charge in [0.15, 0.2) is 11.7 Å². The van der Waals surface area contributed by atoms with Gasteiger partial charge in [-0.3, -0.25) is 25.6 Å². The summed E-state index contributed by atoms with van der Waals surface area (Å²) in [5.74, 6) is -0.691. The van der Waals surface area contributed by atoms with Gasteiger partial charge in [0.05, 0.1) is 12.5 Å². The lowest BCUT2D eigenvalue weighted by Crippen LogP contribution is -2.48. The largest absolute Gasteiger partial charge is 0.352 e. The number of hydrogen-bond acceptors (Lipinski definition) is 8. The first kappa shape index (κ1) is 24.0. The molecule has 3 fully saturated rings. The first-order valence-electron chi connectivity index (χ1n) is 11.5. The zero-order chi connectivity index (χ0) is 23.8. The minimum Gasteiger partial charge on any atom is -0.352 e. The highest BCUT2D eigenvalue weighted by molar-refractivity contribution is 6.15. The van der Waals surface area contributed by atoms with E-state index >= 15 is 4.39 Å². The topological polar surface area (TPSA) is 104 Å². The predicted molar refractivity (Wildman–Crippen MR) is 120 cm³/mol. The number of amides is 2. The number of likely N-dealkylation sites (tertiary alicyclic amines) is 1. The molecule has 2 saturated carbocycles. The summed E-state index contributed by atoms with van der Waals surface area (Å²) in [5, 5.41) is 10.1. The molecule has 0 aromatic heterocycles. The third kappa shape index (κ3) is 4.90. The molecule has 2 unspecified atom stereocenters. The molecule has 0 spiro atoms. The van der Waals surface area contributed by atoms with Crippen LogP contribution in [-0.2, 0) is 9.59 Å². The van der Waals surface area contributed by atoms with E-state index in [0.717, 1.165) is 43.1 Å². The minimum atomic E-state index is -0.634. The number of amidine groups is 1. The Bertz CT molecular complexity index is 835. The number of hydrazine groups is 1. The summed E-state index contributed by atoms with van der Waals surface area (Å²) < 4.78 is 16.5. The Kier molecular flexibility index (Phi) is 7.01. The van der Waals surface area contributed by atoms with Crippen LogP contribution in [0.5, 0.6) is 0 Å². The number of nitrogens with one attached hydrogen (secondary N) is 2. The lowest BCUT2D eigenvalue weighted by Gasteiger charge is -2.31. The Balaban J connectivity index is 1.40. The van der Waals surface area contributed by atoms with Gasteiger partial charge in [0.2, 0.25) is 18.1 Å². The Hall–Kier alpha value is -2.11. The number of rotatable bonds is 9. The van der Waals surface area contributed by atoms with E-state index < -0.39 is 17.7 Å². The number of nitrogens with zero attached hydrogens (tertiary/aromatic N) is 5. The first-order chi connectivity index (χ1) is 15.7. The highest BCUT2D eigenvalue weighted by Gasteiger charge is 2.62. The molecule has 2 aliphatic heterocycles. The van der Waals surface area contributed by atoms with Crippen LogP contribution >= 0.6 is 11.8 Å². The average molecular weight is 486 g/mol. The fourth-order valence-corrected chi connectivity index (χ4v) is 5.72. The highest BCUT2D eigenvalue weighted by atomic mass is 35.5. The molecular formula is C21H33ClFN7O3. The number of hydrogen-bond donors (Lipinski definition) is 3. The van der Waals surface area contributed by atoms with Crippen LogP contribution in [0, 0.1) is 17.8 Å². The zero-order valence-corrected chi connectivity index (χ0v) is 19.9. The normalized spacial score (nSPS) is 28.1. The van der Waals surface area contributed by atoms with E-state index in [9.17, 15) is 14.8 Å². The SMILES string of the molecule is CN(C)C12CC1CN(C1=NCN(Cl)C(NNC(=O)[C@H](CC3CCCC3)CN(O)C=O)=C1F)C2. The van der Waals surface area contributed by atoms with Crippen molar-refractivity contribution >= 4 is 29.9 Å². The Morgan fingerprint density at radius 3 is 2.79 bits per heavy atom. The van der Waals surface area contributed by atoms with Crippen molar-refractivity contribution in [1.29, 1.82) is 0 Å². The Morgan fingerprint density at radius 2 is 2.15 bits per heavy atom. The Morgan fingerprint density at radius 1 is 1.42 bits per heavy atom. The number of hydroxylamine groups is 2. The molecule has 0 aromatic rings. The summed E-state index contributed by atoms with van der Waals surface area (Å²) in [7, 11) is 4.09. The number of halogens is 2. The molecule has 2 amide bonds. The Labute approximate surface area is 198 Å². The van der Waals surface area contributed by atoms with Crippen LogP contribution in [0.15, 0.2) is 16.6 Å². The molecule has 4 rings (SSSR count). The average Bonchev–Trinajstić information content (AvgIpc) is 3.12. The van der Waals surface area contributed by atoms with Crippen LogP contribution in [-0.4, -0.2) is 88.6 Å². The van der Waals surface area contributed by atoms with Gasteiger partial charge in [-0.2, -0.15) is 4.39 Å². The van der Waals surface area contributed by atoms with Crippen LogP contribution in [0.25, 0.3) is 0 Å². The molecule has 3 atom stereocenters. The molecule has 0 radical (unpaired) electrons. The maximum Gasteiger partial charge on any atom is 0.243 e. The van der Waals surface area contributed by atoms with E-state index in [2.05, 4.69) is 20.7 Å². The number of likely N-dealkylation sites (N-methyl/N-ethyl adjacent to an activating group) is 1. The summed E-state index contributed by atoms with van der Waals surface area (Å²) in [6, 6.07) is 0. The number of piperidine rings is 1. The predicted octanol–water partition coefficient (Wildman–Crippen LogP) is 1.25. The van der Waals surface area contributed by atoms with Crippen molar-refractivity contribution in [2.24, 2.45) is 22.7 Å². The van der Waals surface area contributed by atoms with Gasteiger partial charge in [-0.1, -0.05) is 25.7 Å². The first-order valence-corrected chi connectivity index (χ1v) is 11.9. The van der Waals surface area contributed by atoms with Gasteiger partial charge < -0.3 is 9.80 Å². The molecule has 10 nitrogen and oxygen atoms in total. The summed E-state index contributed by atoms with van der Waals surface area (Å²) in [5.41, 5.74) is 5.22. The fourth-order valence-electron chi connectivity index (χ4n) is 5.55. The maximum atomic E-state index is 15.4. The second-order valence-electron chi connectivity index (χ2n) is 9.85. The smallest absolute Gasteiger partial charge is 0.243 e. The van der Waals surface area contributed by atoms with Gasteiger partial charge in [0.25, 0.3) is 0 Å². The van der Waals surface area contributed by atoms with E-state index in [1.807, 2.05) is 19.0 Å². The van der Waals surface area contributed by atoms with Crippen molar-refractivity contribution in [1.82, 2.24) is 30.1 Å². The van der Waals surface area contributed by atoms with E-state index in [1.165, 1.54) is 0 Å². The number of carbonyl (C=O) groups excluding carboxylic acids is 2. The molecule has 1 saturated heterocycles. The summed E-state index contributed by atoms with van der Waals surface area (Å²) in [6.07, 6.45) is 6.18. The van der Waals surface area contributed by atoms with E-state index in [0.29, 0.717) is 29.9 Å². The fraction of sp³-hybridized carbons (Fsp3) is 0.762. The number of aliphatic imine (C=N–C) groups is 1. The second kappa shape index (κ2) is 9.63. The molecular weight excluding hydrogens is 453 g/mol. The van der Waals surface area contributed by atoms with Crippen molar-refractivity contribution in [2.75, 3.05) is 40.4 Å². The van der Waals surface area contributed by atoms with Crippen molar-refractivity contribution in [2.45, 2.75) is 44.1 Å². The lowest BCUT2D eigenvalue weighted by molar-refractivity contribution is -0.155. The van der Waals surface area contributed by atoms with Gasteiger partial charge in [-0.25, -0.2) is 14.5 Å². The molecule has 0 aromatic carbocycles. The zero-order valence-electron chi connectivity index (χ0n) is 19.1. The minimum absolute atomic E-state index is 0.0414. The third-order valence-electron chi connectivity index (χ3n) is 7.58. The number of carbonyl (C=O) groups is 2. The quantitative estimate of drug-likeness (QED) is 0.195. The van der Waals surface area contributed by atoms with Crippen molar-refractivity contribution < 1.29 is 19.2 Å². The summed E-state index contributed by atoms with van der Waals surface area (Å²) >= 11 is 6.17. The van der Waals surface area contributed by atoms with Gasteiger partial charge in [-0.05, 0) is 38.8 Å². The second-order valence-corrected chi connectivity index (χ2v) is 10.3. The van der Waals surface area contributed by atoms with Gasteiger partial charge >= 0.3 is 0 Å². The third-order valence-corrected chi connectivity index (χ3v) is 7.86. The molecule has 0 bridgehead atoms.